The zero-order valence-corrected chi connectivity index (χ0v) is 14.0. The minimum absolute atomic E-state index is 0.0557. The van der Waals surface area contributed by atoms with Crippen molar-refractivity contribution in [3.8, 4) is 0 Å². The van der Waals surface area contributed by atoms with Gasteiger partial charge in [-0.3, -0.25) is 4.79 Å². The normalized spacial score (nSPS) is 31.0. The maximum atomic E-state index is 10.5. The second kappa shape index (κ2) is 9.40. The van der Waals surface area contributed by atoms with Gasteiger partial charge < -0.3 is 19.7 Å². The molecular weight excluding hydrogens is 296 g/mol. The first kappa shape index (κ1) is 18.4. The molecule has 2 aliphatic heterocycles. The van der Waals surface area contributed by atoms with Crippen LogP contribution in [0.3, 0.4) is 0 Å². The third-order valence-corrected chi connectivity index (χ3v) is 4.95. The average molecular weight is 326 g/mol. The van der Waals surface area contributed by atoms with Crippen molar-refractivity contribution in [2.24, 2.45) is 11.8 Å². The molecule has 5 heteroatoms. The number of rotatable bonds is 11. The van der Waals surface area contributed by atoms with Crippen molar-refractivity contribution >= 4 is 5.97 Å². The number of aliphatic hydroxyl groups is 1. The Bertz CT molecular complexity index is 395. The monoisotopic (exact) mass is 326 g/mol. The van der Waals surface area contributed by atoms with Crippen molar-refractivity contribution in [3.05, 3.63) is 12.2 Å². The van der Waals surface area contributed by atoms with E-state index in [2.05, 4.69) is 13.0 Å². The van der Waals surface area contributed by atoms with Crippen LogP contribution in [0.25, 0.3) is 0 Å². The van der Waals surface area contributed by atoms with E-state index >= 15 is 0 Å². The number of carboxylic acid groups (broad SMARTS) is 1. The summed E-state index contributed by atoms with van der Waals surface area (Å²) in [7, 11) is 0. The van der Waals surface area contributed by atoms with E-state index in [4.69, 9.17) is 14.6 Å². The average Bonchev–Trinajstić information content (AvgIpc) is 3.11. The summed E-state index contributed by atoms with van der Waals surface area (Å²) in [6, 6.07) is 0. The lowest BCUT2D eigenvalue weighted by atomic mass is 9.77. The fraction of sp³-hybridized carbons (Fsp3) is 0.833. The highest BCUT2D eigenvalue weighted by Crippen LogP contribution is 2.45. The number of ether oxygens (including phenoxy) is 2. The highest BCUT2D eigenvalue weighted by molar-refractivity contribution is 5.66. The first-order valence-corrected chi connectivity index (χ1v) is 8.93. The zero-order chi connectivity index (χ0) is 16.7. The van der Waals surface area contributed by atoms with E-state index in [0.717, 1.165) is 38.5 Å². The van der Waals surface area contributed by atoms with Gasteiger partial charge >= 0.3 is 5.97 Å². The lowest BCUT2D eigenvalue weighted by molar-refractivity contribution is -0.138. The molecule has 132 valence electrons. The molecule has 2 aliphatic rings. The van der Waals surface area contributed by atoms with Gasteiger partial charge in [0.15, 0.2) is 0 Å². The third-order valence-electron chi connectivity index (χ3n) is 4.95. The van der Waals surface area contributed by atoms with Crippen LogP contribution < -0.4 is 0 Å². The summed E-state index contributed by atoms with van der Waals surface area (Å²) in [6.45, 7) is 2.97. The highest BCUT2D eigenvalue weighted by Gasteiger charge is 2.47. The van der Waals surface area contributed by atoms with E-state index in [9.17, 15) is 9.90 Å². The van der Waals surface area contributed by atoms with Crippen LogP contribution in [0.2, 0.25) is 0 Å². The summed E-state index contributed by atoms with van der Waals surface area (Å²) in [5, 5.41) is 18.6. The van der Waals surface area contributed by atoms with E-state index in [0.29, 0.717) is 24.5 Å². The molecule has 2 N–H and O–H groups in total. The van der Waals surface area contributed by atoms with Crippen LogP contribution in [-0.4, -0.2) is 47.7 Å². The van der Waals surface area contributed by atoms with Crippen molar-refractivity contribution in [3.63, 3.8) is 0 Å². The van der Waals surface area contributed by atoms with Crippen molar-refractivity contribution in [1.82, 2.24) is 0 Å². The molecule has 2 saturated heterocycles. The van der Waals surface area contributed by atoms with Gasteiger partial charge in [0.2, 0.25) is 0 Å². The SMILES string of the molecule is CCCCC(O)C=C[C@H]1[C@@H](CCOCCC(=O)O)[C@H]2CC[C@@H]1O2. The summed E-state index contributed by atoms with van der Waals surface area (Å²) in [6.07, 6.45) is 10.4. The molecule has 0 radical (unpaired) electrons. The molecular formula is C18H30O5. The fourth-order valence-corrected chi connectivity index (χ4v) is 3.70. The van der Waals surface area contributed by atoms with Gasteiger partial charge in [0.05, 0.1) is 31.3 Å². The van der Waals surface area contributed by atoms with Gasteiger partial charge in [-0.15, -0.1) is 0 Å². The van der Waals surface area contributed by atoms with Gasteiger partial charge in [0, 0.05) is 12.5 Å². The standard InChI is InChI=1S/C18H30O5/c1-2-3-4-13(19)5-6-14-15(17-8-7-16(14)23-17)9-11-22-12-10-18(20)21/h5-6,13-17,19H,2-4,7-12H2,1H3,(H,20,21)/t13?,14-,15+,16-,17+/m0/s1. The van der Waals surface area contributed by atoms with Gasteiger partial charge in [-0.1, -0.05) is 31.9 Å². The number of hydrogen-bond donors (Lipinski definition) is 2. The smallest absolute Gasteiger partial charge is 0.305 e. The van der Waals surface area contributed by atoms with E-state index in [1.165, 1.54) is 0 Å². The van der Waals surface area contributed by atoms with Crippen molar-refractivity contribution in [2.75, 3.05) is 13.2 Å². The van der Waals surface area contributed by atoms with E-state index in [-0.39, 0.29) is 25.2 Å². The predicted octanol–water partition coefficient (Wildman–Crippen LogP) is 2.77. The number of fused-ring (bicyclic) bond motifs is 2. The first-order valence-electron chi connectivity index (χ1n) is 8.93. The lowest BCUT2D eigenvalue weighted by Gasteiger charge is -2.25. The summed E-state index contributed by atoms with van der Waals surface area (Å²) < 4.78 is 11.5. The molecule has 2 fully saturated rings. The van der Waals surface area contributed by atoms with E-state index in [1.54, 1.807) is 0 Å². The Kier molecular flexibility index (Phi) is 7.53. The Morgan fingerprint density at radius 1 is 1.35 bits per heavy atom. The molecule has 0 spiro atoms. The fourth-order valence-electron chi connectivity index (χ4n) is 3.70. The number of carbonyl (C=O) groups is 1. The molecule has 0 aromatic heterocycles. The van der Waals surface area contributed by atoms with Crippen molar-refractivity contribution < 1.29 is 24.5 Å². The molecule has 1 unspecified atom stereocenters. The molecule has 0 aliphatic carbocycles. The molecule has 23 heavy (non-hydrogen) atoms. The Hall–Kier alpha value is -0.910. The maximum Gasteiger partial charge on any atom is 0.305 e. The molecule has 0 amide bonds. The maximum absolute atomic E-state index is 10.5. The van der Waals surface area contributed by atoms with Crippen LogP contribution in [0, 0.1) is 11.8 Å². The minimum atomic E-state index is -0.824. The second-order valence-electron chi connectivity index (χ2n) is 6.67. The molecule has 0 aromatic rings. The first-order chi connectivity index (χ1) is 11.1. The number of carboxylic acids is 1. The van der Waals surface area contributed by atoms with Gasteiger partial charge in [-0.2, -0.15) is 0 Å². The second-order valence-corrected chi connectivity index (χ2v) is 6.67. The molecule has 0 aromatic carbocycles. The molecule has 0 saturated carbocycles. The Labute approximate surface area is 138 Å². The quantitative estimate of drug-likeness (QED) is 0.451. The lowest BCUT2D eigenvalue weighted by Crippen LogP contribution is -2.27. The molecule has 2 rings (SSSR count). The predicted molar refractivity (Wildman–Crippen MR) is 87.2 cm³/mol. The van der Waals surface area contributed by atoms with Crippen molar-refractivity contribution in [1.29, 1.82) is 0 Å². The number of hydrogen-bond acceptors (Lipinski definition) is 4. The van der Waals surface area contributed by atoms with Crippen LogP contribution >= 0.6 is 0 Å². The third kappa shape index (κ3) is 5.59. The van der Waals surface area contributed by atoms with Crippen LogP contribution in [0.4, 0.5) is 0 Å². The van der Waals surface area contributed by atoms with E-state index < -0.39 is 5.97 Å². The molecule has 2 heterocycles. The number of aliphatic carboxylic acids is 1. The minimum Gasteiger partial charge on any atom is -0.481 e. The van der Waals surface area contributed by atoms with Crippen LogP contribution in [0.15, 0.2) is 12.2 Å². The van der Waals surface area contributed by atoms with Crippen LogP contribution in [0.5, 0.6) is 0 Å². The van der Waals surface area contributed by atoms with Crippen molar-refractivity contribution in [2.45, 2.75) is 70.2 Å². The summed E-state index contributed by atoms with van der Waals surface area (Å²) >= 11 is 0. The summed E-state index contributed by atoms with van der Waals surface area (Å²) in [5.41, 5.74) is 0. The zero-order valence-electron chi connectivity index (χ0n) is 14.0. The molecule has 2 bridgehead atoms. The van der Waals surface area contributed by atoms with Gasteiger partial charge in [-0.25, -0.2) is 0 Å². The van der Waals surface area contributed by atoms with Crippen LogP contribution in [0.1, 0.15) is 51.9 Å². The Morgan fingerprint density at radius 2 is 2.13 bits per heavy atom. The summed E-state index contributed by atoms with van der Waals surface area (Å²) in [4.78, 5) is 10.5. The van der Waals surface area contributed by atoms with Crippen LogP contribution in [-0.2, 0) is 14.3 Å². The number of aliphatic hydroxyl groups excluding tert-OH is 1. The Morgan fingerprint density at radius 3 is 2.87 bits per heavy atom. The van der Waals surface area contributed by atoms with Gasteiger partial charge in [-0.05, 0) is 31.6 Å². The molecule has 5 atom stereocenters. The topological polar surface area (TPSA) is 76.0 Å². The largest absolute Gasteiger partial charge is 0.481 e. The molecule has 5 nitrogen and oxygen atoms in total. The Balaban J connectivity index is 1.77. The number of unbranched alkanes of at least 4 members (excludes halogenated alkanes) is 1. The summed E-state index contributed by atoms with van der Waals surface area (Å²) in [5.74, 6) is -0.0450. The highest BCUT2D eigenvalue weighted by atomic mass is 16.5. The van der Waals surface area contributed by atoms with E-state index in [1.807, 2.05) is 6.08 Å². The van der Waals surface area contributed by atoms with Gasteiger partial charge in [0.25, 0.3) is 0 Å². The van der Waals surface area contributed by atoms with Gasteiger partial charge in [0.1, 0.15) is 0 Å².